The van der Waals surface area contributed by atoms with E-state index in [1.807, 2.05) is 6.92 Å². The van der Waals surface area contributed by atoms with Gasteiger partial charge in [0.15, 0.2) is 0 Å². The Labute approximate surface area is 112 Å². The Hall–Kier alpha value is -1.92. The predicted octanol–water partition coefficient (Wildman–Crippen LogP) is 0.600. The first-order valence-electron chi connectivity index (χ1n) is 6.41. The van der Waals surface area contributed by atoms with Gasteiger partial charge in [-0.25, -0.2) is 4.68 Å². The van der Waals surface area contributed by atoms with Gasteiger partial charge in [0, 0.05) is 18.7 Å². The smallest absolute Gasteiger partial charge is 0.303 e. The van der Waals surface area contributed by atoms with Crippen molar-refractivity contribution in [3.63, 3.8) is 0 Å². The van der Waals surface area contributed by atoms with Gasteiger partial charge in [0.2, 0.25) is 5.91 Å². The van der Waals surface area contributed by atoms with E-state index in [0.717, 1.165) is 12.8 Å². The van der Waals surface area contributed by atoms with Gasteiger partial charge < -0.3 is 10.4 Å². The number of carbonyl (C=O) groups is 2. The van der Waals surface area contributed by atoms with E-state index in [0.29, 0.717) is 12.1 Å². The lowest BCUT2D eigenvalue weighted by Crippen LogP contribution is -2.35. The molecule has 0 saturated carbocycles. The maximum atomic E-state index is 11.7. The second-order valence-corrected chi connectivity index (χ2v) is 4.56. The van der Waals surface area contributed by atoms with Gasteiger partial charge >= 0.3 is 5.97 Å². The van der Waals surface area contributed by atoms with Crippen LogP contribution in [0.2, 0.25) is 0 Å². The van der Waals surface area contributed by atoms with Gasteiger partial charge in [0.05, 0.1) is 12.1 Å². The van der Waals surface area contributed by atoms with Crippen molar-refractivity contribution in [2.24, 2.45) is 0 Å². The first kappa shape index (κ1) is 15.1. The first-order chi connectivity index (χ1) is 9.01. The molecule has 1 unspecified atom stereocenters. The normalized spacial score (nSPS) is 12.1. The summed E-state index contributed by atoms with van der Waals surface area (Å²) in [6, 6.07) is 0.146. The lowest BCUT2D eigenvalue weighted by molar-refractivity contribution is -0.137. The van der Waals surface area contributed by atoms with Crippen molar-refractivity contribution >= 4 is 11.9 Å². The highest BCUT2D eigenvalue weighted by Crippen LogP contribution is 1.99. The average Bonchev–Trinajstić information content (AvgIpc) is 2.74. The quantitative estimate of drug-likeness (QED) is 0.719. The molecule has 1 atom stereocenters. The van der Waals surface area contributed by atoms with Gasteiger partial charge in [0.1, 0.15) is 6.54 Å². The minimum Gasteiger partial charge on any atom is -0.481 e. The van der Waals surface area contributed by atoms with Crippen molar-refractivity contribution in [2.75, 3.05) is 0 Å². The second-order valence-electron chi connectivity index (χ2n) is 4.56. The molecule has 1 aromatic heterocycles. The highest BCUT2D eigenvalue weighted by molar-refractivity contribution is 5.75. The van der Waals surface area contributed by atoms with E-state index in [1.165, 1.54) is 4.68 Å². The number of carbonyl (C=O) groups excluding carboxylic acids is 1. The summed E-state index contributed by atoms with van der Waals surface area (Å²) in [6.45, 7) is 4.13. The van der Waals surface area contributed by atoms with E-state index in [4.69, 9.17) is 5.11 Å². The Morgan fingerprint density at radius 3 is 2.89 bits per heavy atom. The van der Waals surface area contributed by atoms with Crippen LogP contribution in [0.15, 0.2) is 6.20 Å². The molecule has 1 heterocycles. The molecule has 1 amide bonds. The lowest BCUT2D eigenvalue weighted by atomic mass is 10.2. The molecule has 0 aromatic carbocycles. The standard InChI is InChI=1S/C12H20N4O3/c1-3-4-9(2)13-11(17)8-16-7-10(14-15-16)5-6-12(18)19/h7,9H,3-6,8H2,1-2H3,(H,13,17)(H,18,19). The van der Waals surface area contributed by atoms with Crippen LogP contribution in [0.3, 0.4) is 0 Å². The summed E-state index contributed by atoms with van der Waals surface area (Å²) < 4.78 is 1.42. The molecule has 2 N–H and O–H groups in total. The zero-order chi connectivity index (χ0) is 14.3. The van der Waals surface area contributed by atoms with Crippen LogP contribution in [0.5, 0.6) is 0 Å². The highest BCUT2D eigenvalue weighted by atomic mass is 16.4. The fourth-order valence-corrected chi connectivity index (χ4v) is 1.74. The molecule has 1 aromatic rings. The number of rotatable bonds is 8. The fraction of sp³-hybridized carbons (Fsp3) is 0.667. The van der Waals surface area contributed by atoms with Crippen LogP contribution >= 0.6 is 0 Å². The molecule has 0 aliphatic heterocycles. The molecular weight excluding hydrogens is 248 g/mol. The molecule has 106 valence electrons. The Kier molecular flexibility index (Phi) is 5.98. The minimum atomic E-state index is -0.874. The molecule has 0 bridgehead atoms. The third kappa shape index (κ3) is 5.98. The topological polar surface area (TPSA) is 97.1 Å². The van der Waals surface area contributed by atoms with Crippen LogP contribution in [0.25, 0.3) is 0 Å². The van der Waals surface area contributed by atoms with Crippen molar-refractivity contribution in [1.29, 1.82) is 0 Å². The van der Waals surface area contributed by atoms with Gasteiger partial charge in [-0.05, 0) is 13.3 Å². The summed E-state index contributed by atoms with van der Waals surface area (Å²) in [7, 11) is 0. The fourth-order valence-electron chi connectivity index (χ4n) is 1.74. The number of hydrogen-bond acceptors (Lipinski definition) is 4. The number of aryl methyl sites for hydroxylation is 1. The first-order valence-corrected chi connectivity index (χ1v) is 6.41. The predicted molar refractivity (Wildman–Crippen MR) is 68.5 cm³/mol. The van der Waals surface area contributed by atoms with Crippen LogP contribution in [0.1, 0.15) is 38.8 Å². The van der Waals surface area contributed by atoms with Crippen molar-refractivity contribution in [1.82, 2.24) is 20.3 Å². The molecule has 1 rings (SSSR count). The van der Waals surface area contributed by atoms with Crippen molar-refractivity contribution in [3.05, 3.63) is 11.9 Å². The van der Waals surface area contributed by atoms with Gasteiger partial charge in [-0.1, -0.05) is 18.6 Å². The number of carboxylic acids is 1. The molecule has 7 heteroatoms. The molecule has 0 fully saturated rings. The molecule has 0 aliphatic carbocycles. The summed E-state index contributed by atoms with van der Waals surface area (Å²) in [6.07, 6.45) is 3.89. The average molecular weight is 268 g/mol. The van der Waals surface area contributed by atoms with E-state index >= 15 is 0 Å². The van der Waals surface area contributed by atoms with Crippen LogP contribution in [-0.4, -0.2) is 38.0 Å². The Morgan fingerprint density at radius 2 is 2.26 bits per heavy atom. The second kappa shape index (κ2) is 7.50. The van der Waals surface area contributed by atoms with Crippen molar-refractivity contribution in [3.8, 4) is 0 Å². The highest BCUT2D eigenvalue weighted by Gasteiger charge is 2.09. The van der Waals surface area contributed by atoms with Crippen molar-refractivity contribution < 1.29 is 14.7 Å². The van der Waals surface area contributed by atoms with E-state index in [9.17, 15) is 9.59 Å². The minimum absolute atomic E-state index is 0.0123. The van der Waals surface area contributed by atoms with E-state index in [1.54, 1.807) is 6.20 Å². The number of aromatic nitrogens is 3. The molecule has 0 saturated heterocycles. The van der Waals surface area contributed by atoms with Crippen LogP contribution < -0.4 is 5.32 Å². The monoisotopic (exact) mass is 268 g/mol. The number of nitrogens with one attached hydrogen (secondary N) is 1. The third-order valence-corrected chi connectivity index (χ3v) is 2.62. The summed E-state index contributed by atoms with van der Waals surface area (Å²) in [5, 5.41) is 19.1. The Bertz CT molecular complexity index is 430. The summed E-state index contributed by atoms with van der Waals surface area (Å²) in [4.78, 5) is 22.1. The van der Waals surface area contributed by atoms with Crippen LogP contribution in [-0.2, 0) is 22.6 Å². The molecule has 19 heavy (non-hydrogen) atoms. The van der Waals surface area contributed by atoms with Crippen LogP contribution in [0, 0.1) is 0 Å². The number of nitrogens with zero attached hydrogens (tertiary/aromatic N) is 3. The van der Waals surface area contributed by atoms with Gasteiger partial charge in [-0.15, -0.1) is 5.10 Å². The number of amides is 1. The number of carboxylic acid groups (broad SMARTS) is 1. The zero-order valence-electron chi connectivity index (χ0n) is 11.3. The summed E-state index contributed by atoms with van der Waals surface area (Å²) >= 11 is 0. The van der Waals surface area contributed by atoms with E-state index < -0.39 is 5.97 Å². The molecule has 0 aliphatic rings. The van der Waals surface area contributed by atoms with Crippen molar-refractivity contribution in [2.45, 2.75) is 52.1 Å². The van der Waals surface area contributed by atoms with Gasteiger partial charge in [-0.3, -0.25) is 9.59 Å². The van der Waals surface area contributed by atoms with Gasteiger partial charge in [0.25, 0.3) is 0 Å². The maximum Gasteiger partial charge on any atom is 0.303 e. The molecule has 0 spiro atoms. The van der Waals surface area contributed by atoms with Gasteiger partial charge in [-0.2, -0.15) is 0 Å². The van der Waals surface area contributed by atoms with E-state index in [-0.39, 0.29) is 24.9 Å². The zero-order valence-corrected chi connectivity index (χ0v) is 11.3. The maximum absolute atomic E-state index is 11.7. The SMILES string of the molecule is CCCC(C)NC(=O)Cn1cc(CCC(=O)O)nn1. The number of aliphatic carboxylic acids is 1. The molecule has 0 radical (unpaired) electrons. The van der Waals surface area contributed by atoms with Crippen LogP contribution in [0.4, 0.5) is 0 Å². The molecule has 7 nitrogen and oxygen atoms in total. The number of hydrogen-bond donors (Lipinski definition) is 2. The molecular formula is C12H20N4O3. The Morgan fingerprint density at radius 1 is 1.53 bits per heavy atom. The van der Waals surface area contributed by atoms with E-state index in [2.05, 4.69) is 22.6 Å². The largest absolute Gasteiger partial charge is 0.481 e. The Balaban J connectivity index is 2.40. The lowest BCUT2D eigenvalue weighted by Gasteiger charge is -2.12. The summed E-state index contributed by atoms with van der Waals surface area (Å²) in [5.41, 5.74) is 0.580. The third-order valence-electron chi connectivity index (χ3n) is 2.62. The summed E-state index contributed by atoms with van der Waals surface area (Å²) in [5.74, 6) is -0.990.